The zero-order valence-corrected chi connectivity index (χ0v) is 13.0. The third kappa shape index (κ3) is 5.54. The standard InChI is InChI=1S/C17H22N4O/c1-21(2)11-10-18-16-9-8-15(13-19-16)20-17(22)12-14-6-4-3-5-7-14/h3-9,13H,10-12H2,1-2H3,(H,18,19)(H,20,22). The Morgan fingerprint density at radius 3 is 2.55 bits per heavy atom. The molecule has 0 unspecified atom stereocenters. The summed E-state index contributed by atoms with van der Waals surface area (Å²) in [6, 6.07) is 13.4. The molecule has 0 fully saturated rings. The molecule has 0 aliphatic heterocycles. The molecule has 1 aromatic carbocycles. The van der Waals surface area contributed by atoms with Gasteiger partial charge >= 0.3 is 0 Å². The third-order valence-electron chi connectivity index (χ3n) is 3.12. The summed E-state index contributed by atoms with van der Waals surface area (Å²) in [7, 11) is 4.06. The van der Waals surface area contributed by atoms with Crippen molar-refractivity contribution in [2.45, 2.75) is 6.42 Å². The number of pyridine rings is 1. The first kappa shape index (κ1) is 16.0. The monoisotopic (exact) mass is 298 g/mol. The van der Waals surface area contributed by atoms with E-state index in [0.29, 0.717) is 12.1 Å². The van der Waals surface area contributed by atoms with Gasteiger partial charge in [-0.15, -0.1) is 0 Å². The van der Waals surface area contributed by atoms with Crippen LogP contribution in [0.4, 0.5) is 11.5 Å². The average Bonchev–Trinajstić information content (AvgIpc) is 2.49. The number of amides is 1. The summed E-state index contributed by atoms with van der Waals surface area (Å²) in [5.74, 6) is 0.768. The van der Waals surface area contributed by atoms with Gasteiger partial charge in [-0.1, -0.05) is 30.3 Å². The van der Waals surface area contributed by atoms with E-state index in [4.69, 9.17) is 0 Å². The lowest BCUT2D eigenvalue weighted by atomic mass is 10.1. The van der Waals surface area contributed by atoms with Gasteiger partial charge in [-0.3, -0.25) is 4.79 Å². The van der Waals surface area contributed by atoms with Crippen molar-refractivity contribution in [2.24, 2.45) is 0 Å². The molecule has 1 heterocycles. The number of rotatable bonds is 7. The fourth-order valence-electron chi connectivity index (χ4n) is 1.97. The Morgan fingerprint density at radius 1 is 1.14 bits per heavy atom. The smallest absolute Gasteiger partial charge is 0.228 e. The van der Waals surface area contributed by atoms with Crippen molar-refractivity contribution >= 4 is 17.4 Å². The Morgan fingerprint density at radius 2 is 1.91 bits per heavy atom. The first-order chi connectivity index (χ1) is 10.6. The molecule has 22 heavy (non-hydrogen) atoms. The molecule has 0 radical (unpaired) electrons. The topological polar surface area (TPSA) is 57.3 Å². The Labute approximate surface area is 131 Å². The van der Waals surface area contributed by atoms with Crippen LogP contribution in [-0.2, 0) is 11.2 Å². The van der Waals surface area contributed by atoms with Gasteiger partial charge < -0.3 is 15.5 Å². The number of hydrogen-bond donors (Lipinski definition) is 2. The zero-order valence-electron chi connectivity index (χ0n) is 13.0. The van der Waals surface area contributed by atoms with Crippen LogP contribution in [0.5, 0.6) is 0 Å². The van der Waals surface area contributed by atoms with Crippen LogP contribution < -0.4 is 10.6 Å². The van der Waals surface area contributed by atoms with Crippen LogP contribution in [0.2, 0.25) is 0 Å². The minimum Gasteiger partial charge on any atom is -0.369 e. The number of likely N-dealkylation sites (N-methyl/N-ethyl adjacent to an activating group) is 1. The molecule has 2 rings (SSSR count). The lowest BCUT2D eigenvalue weighted by Gasteiger charge is -2.11. The third-order valence-corrected chi connectivity index (χ3v) is 3.12. The number of carbonyl (C=O) groups is 1. The number of benzene rings is 1. The second-order valence-corrected chi connectivity index (χ2v) is 5.37. The van der Waals surface area contributed by atoms with Gasteiger partial charge in [0.25, 0.3) is 0 Å². The molecule has 0 bridgehead atoms. The van der Waals surface area contributed by atoms with Crippen LogP contribution in [0.15, 0.2) is 48.7 Å². The molecule has 0 saturated heterocycles. The molecule has 116 valence electrons. The molecule has 0 atom stereocenters. The van der Waals surface area contributed by atoms with E-state index < -0.39 is 0 Å². The quantitative estimate of drug-likeness (QED) is 0.823. The van der Waals surface area contributed by atoms with Gasteiger partial charge in [0.15, 0.2) is 0 Å². The van der Waals surface area contributed by atoms with Crippen LogP contribution in [0.25, 0.3) is 0 Å². The maximum Gasteiger partial charge on any atom is 0.228 e. The second-order valence-electron chi connectivity index (χ2n) is 5.37. The van der Waals surface area contributed by atoms with Gasteiger partial charge in [-0.25, -0.2) is 4.98 Å². The predicted molar refractivity (Wildman–Crippen MR) is 90.1 cm³/mol. The van der Waals surface area contributed by atoms with Gasteiger partial charge in [0.1, 0.15) is 5.82 Å². The van der Waals surface area contributed by atoms with E-state index in [1.54, 1.807) is 6.20 Å². The van der Waals surface area contributed by atoms with E-state index in [1.165, 1.54) is 0 Å². The summed E-state index contributed by atoms with van der Waals surface area (Å²) in [6.07, 6.45) is 2.03. The molecule has 1 amide bonds. The molecule has 2 aromatic rings. The number of anilines is 2. The van der Waals surface area contributed by atoms with Gasteiger partial charge in [0.2, 0.25) is 5.91 Å². The van der Waals surface area contributed by atoms with Crippen molar-refractivity contribution in [3.63, 3.8) is 0 Å². The van der Waals surface area contributed by atoms with Crippen LogP contribution in [0.1, 0.15) is 5.56 Å². The van der Waals surface area contributed by atoms with E-state index in [1.807, 2.05) is 56.6 Å². The molecular formula is C17H22N4O. The van der Waals surface area contributed by atoms with Gasteiger partial charge in [0, 0.05) is 13.1 Å². The minimum absolute atomic E-state index is 0.0404. The van der Waals surface area contributed by atoms with E-state index in [9.17, 15) is 4.79 Å². The Balaban J connectivity index is 1.82. The fourth-order valence-corrected chi connectivity index (χ4v) is 1.97. The van der Waals surface area contributed by atoms with Crippen molar-refractivity contribution in [1.82, 2.24) is 9.88 Å². The van der Waals surface area contributed by atoms with Gasteiger partial charge in [0.05, 0.1) is 18.3 Å². The highest BCUT2D eigenvalue weighted by atomic mass is 16.1. The molecule has 0 spiro atoms. The van der Waals surface area contributed by atoms with E-state index in [-0.39, 0.29) is 5.91 Å². The maximum atomic E-state index is 12.0. The van der Waals surface area contributed by atoms with Crippen LogP contribution in [-0.4, -0.2) is 43.0 Å². The Hall–Kier alpha value is -2.40. The zero-order chi connectivity index (χ0) is 15.8. The largest absolute Gasteiger partial charge is 0.369 e. The molecule has 1 aromatic heterocycles. The first-order valence-electron chi connectivity index (χ1n) is 7.32. The first-order valence-corrected chi connectivity index (χ1v) is 7.32. The normalized spacial score (nSPS) is 10.5. The Bertz CT molecular complexity index is 581. The summed E-state index contributed by atoms with van der Waals surface area (Å²) in [6.45, 7) is 1.77. The van der Waals surface area contributed by atoms with Crippen molar-refractivity contribution in [2.75, 3.05) is 37.8 Å². The highest BCUT2D eigenvalue weighted by molar-refractivity contribution is 5.92. The number of hydrogen-bond acceptors (Lipinski definition) is 4. The summed E-state index contributed by atoms with van der Waals surface area (Å²) >= 11 is 0. The van der Waals surface area contributed by atoms with Crippen molar-refractivity contribution in [1.29, 1.82) is 0 Å². The highest BCUT2D eigenvalue weighted by Crippen LogP contribution is 2.10. The molecule has 0 aliphatic carbocycles. The fraction of sp³-hybridized carbons (Fsp3) is 0.294. The van der Waals surface area contributed by atoms with Crippen LogP contribution in [0, 0.1) is 0 Å². The Kier molecular flexibility index (Phi) is 5.91. The molecule has 5 nitrogen and oxygen atoms in total. The highest BCUT2D eigenvalue weighted by Gasteiger charge is 2.04. The minimum atomic E-state index is -0.0404. The summed E-state index contributed by atoms with van der Waals surface area (Å²) in [5.41, 5.74) is 1.70. The summed E-state index contributed by atoms with van der Waals surface area (Å²) in [4.78, 5) is 18.3. The van der Waals surface area contributed by atoms with Crippen LogP contribution in [0.3, 0.4) is 0 Å². The van der Waals surface area contributed by atoms with Crippen molar-refractivity contribution in [3.8, 4) is 0 Å². The number of aromatic nitrogens is 1. The van der Waals surface area contributed by atoms with Gasteiger partial charge in [-0.05, 0) is 31.8 Å². The van der Waals surface area contributed by atoms with E-state index >= 15 is 0 Å². The van der Waals surface area contributed by atoms with Crippen molar-refractivity contribution in [3.05, 3.63) is 54.2 Å². The molecular weight excluding hydrogens is 276 g/mol. The summed E-state index contributed by atoms with van der Waals surface area (Å²) in [5, 5.41) is 6.09. The lowest BCUT2D eigenvalue weighted by Crippen LogP contribution is -2.21. The van der Waals surface area contributed by atoms with E-state index in [2.05, 4.69) is 20.5 Å². The number of nitrogens with zero attached hydrogens (tertiary/aromatic N) is 2. The SMILES string of the molecule is CN(C)CCNc1ccc(NC(=O)Cc2ccccc2)cn1. The van der Waals surface area contributed by atoms with Crippen LogP contribution >= 0.6 is 0 Å². The van der Waals surface area contributed by atoms with E-state index in [0.717, 1.165) is 24.5 Å². The van der Waals surface area contributed by atoms with Gasteiger partial charge in [-0.2, -0.15) is 0 Å². The second kappa shape index (κ2) is 8.14. The molecule has 0 saturated carbocycles. The molecule has 2 N–H and O–H groups in total. The molecule has 0 aliphatic rings. The van der Waals surface area contributed by atoms with Crippen molar-refractivity contribution < 1.29 is 4.79 Å². The maximum absolute atomic E-state index is 12.0. The number of carbonyl (C=O) groups excluding carboxylic acids is 1. The summed E-state index contributed by atoms with van der Waals surface area (Å²) < 4.78 is 0. The average molecular weight is 298 g/mol. The number of nitrogens with one attached hydrogen (secondary N) is 2. The molecule has 5 heteroatoms. The predicted octanol–water partition coefficient (Wildman–Crippen LogP) is 2.24. The lowest BCUT2D eigenvalue weighted by molar-refractivity contribution is -0.115.